The van der Waals surface area contributed by atoms with Crippen LogP contribution in [0, 0.1) is 0 Å². The van der Waals surface area contributed by atoms with E-state index in [4.69, 9.17) is 0 Å². The maximum Gasteiger partial charge on any atom is 0.258 e. The van der Waals surface area contributed by atoms with Crippen LogP contribution in [-0.4, -0.2) is 29.0 Å². The summed E-state index contributed by atoms with van der Waals surface area (Å²) in [6, 6.07) is 11.1. The fourth-order valence-electron chi connectivity index (χ4n) is 2.56. The monoisotopic (exact) mass is 241 g/mol. The van der Waals surface area contributed by atoms with Crippen molar-refractivity contribution in [1.82, 2.24) is 4.90 Å². The topological polar surface area (TPSA) is 40.5 Å². The summed E-state index contributed by atoms with van der Waals surface area (Å²) in [4.78, 5) is 14.3. The Morgan fingerprint density at radius 2 is 1.78 bits per heavy atom. The highest BCUT2D eigenvalue weighted by Gasteiger charge is 2.23. The molecule has 1 aliphatic rings. The van der Waals surface area contributed by atoms with Crippen molar-refractivity contribution in [2.75, 3.05) is 13.1 Å². The third kappa shape index (κ3) is 1.72. The van der Waals surface area contributed by atoms with Gasteiger partial charge in [0.05, 0.1) is 5.56 Å². The second kappa shape index (κ2) is 4.33. The first kappa shape index (κ1) is 11.1. The van der Waals surface area contributed by atoms with Gasteiger partial charge >= 0.3 is 0 Å². The number of rotatable bonds is 1. The number of amides is 1. The van der Waals surface area contributed by atoms with Crippen molar-refractivity contribution >= 4 is 16.7 Å². The Kier molecular flexibility index (Phi) is 2.67. The SMILES string of the molecule is O=C(c1c(O)ccc2ccccc12)N1CCCC1. The van der Waals surface area contributed by atoms with Gasteiger partial charge in [-0.1, -0.05) is 30.3 Å². The number of benzene rings is 2. The second-order valence-corrected chi connectivity index (χ2v) is 4.68. The van der Waals surface area contributed by atoms with Crippen LogP contribution in [0.25, 0.3) is 10.8 Å². The molecule has 1 fully saturated rings. The van der Waals surface area contributed by atoms with Gasteiger partial charge in [-0.05, 0) is 29.7 Å². The minimum Gasteiger partial charge on any atom is -0.507 e. The molecule has 3 heteroatoms. The number of phenols is 1. The molecule has 0 atom stereocenters. The van der Waals surface area contributed by atoms with Crippen molar-refractivity contribution in [2.45, 2.75) is 12.8 Å². The Morgan fingerprint density at radius 3 is 2.56 bits per heavy atom. The molecule has 92 valence electrons. The van der Waals surface area contributed by atoms with Gasteiger partial charge in [0.1, 0.15) is 5.75 Å². The third-order valence-electron chi connectivity index (χ3n) is 3.51. The van der Waals surface area contributed by atoms with Crippen LogP contribution in [0.5, 0.6) is 5.75 Å². The molecule has 0 spiro atoms. The van der Waals surface area contributed by atoms with E-state index in [0.29, 0.717) is 5.56 Å². The summed E-state index contributed by atoms with van der Waals surface area (Å²) in [6.07, 6.45) is 2.11. The molecule has 2 aromatic rings. The minimum absolute atomic E-state index is 0.0539. The Balaban J connectivity index is 2.14. The van der Waals surface area contributed by atoms with E-state index in [1.54, 1.807) is 6.07 Å². The van der Waals surface area contributed by atoms with Crippen molar-refractivity contribution in [3.8, 4) is 5.75 Å². The highest BCUT2D eigenvalue weighted by Crippen LogP contribution is 2.29. The molecule has 0 aliphatic carbocycles. The minimum atomic E-state index is -0.0539. The first-order valence-electron chi connectivity index (χ1n) is 6.27. The van der Waals surface area contributed by atoms with Gasteiger partial charge < -0.3 is 10.0 Å². The van der Waals surface area contributed by atoms with E-state index in [2.05, 4.69) is 0 Å². The molecule has 1 aliphatic heterocycles. The van der Waals surface area contributed by atoms with Gasteiger partial charge in [-0.25, -0.2) is 0 Å². The summed E-state index contributed by atoms with van der Waals surface area (Å²) in [5.74, 6) is 0.0207. The average Bonchev–Trinajstić information content (AvgIpc) is 2.92. The molecule has 0 aromatic heterocycles. The van der Waals surface area contributed by atoms with Crippen LogP contribution in [0.1, 0.15) is 23.2 Å². The number of carbonyl (C=O) groups is 1. The first-order valence-corrected chi connectivity index (χ1v) is 6.27. The molecular weight excluding hydrogens is 226 g/mol. The van der Waals surface area contributed by atoms with E-state index >= 15 is 0 Å². The number of aromatic hydroxyl groups is 1. The lowest BCUT2D eigenvalue weighted by Gasteiger charge is -2.17. The summed E-state index contributed by atoms with van der Waals surface area (Å²) >= 11 is 0. The summed E-state index contributed by atoms with van der Waals surface area (Å²) in [6.45, 7) is 1.59. The molecule has 3 nitrogen and oxygen atoms in total. The summed E-state index contributed by atoms with van der Waals surface area (Å²) in [5.41, 5.74) is 0.440. The van der Waals surface area contributed by atoms with Gasteiger partial charge in [0.2, 0.25) is 0 Å². The van der Waals surface area contributed by atoms with Gasteiger partial charge in [0.15, 0.2) is 0 Å². The number of carbonyl (C=O) groups excluding carboxylic acids is 1. The number of hydrogen-bond donors (Lipinski definition) is 1. The number of nitrogens with zero attached hydrogens (tertiary/aromatic N) is 1. The summed E-state index contributed by atoms with van der Waals surface area (Å²) in [5, 5.41) is 11.8. The Bertz CT molecular complexity index is 600. The fourth-order valence-corrected chi connectivity index (χ4v) is 2.56. The van der Waals surface area contributed by atoms with Crippen molar-refractivity contribution in [3.63, 3.8) is 0 Å². The van der Waals surface area contributed by atoms with Crippen LogP contribution < -0.4 is 0 Å². The molecular formula is C15H15NO2. The summed E-state index contributed by atoms with van der Waals surface area (Å²) < 4.78 is 0. The fraction of sp³-hybridized carbons (Fsp3) is 0.267. The standard InChI is InChI=1S/C15H15NO2/c17-13-8-7-11-5-1-2-6-12(11)14(13)15(18)16-9-3-4-10-16/h1-2,5-8,17H,3-4,9-10H2. The highest BCUT2D eigenvalue weighted by atomic mass is 16.3. The predicted molar refractivity (Wildman–Crippen MR) is 70.8 cm³/mol. The van der Waals surface area contributed by atoms with E-state index in [9.17, 15) is 9.90 Å². The average molecular weight is 241 g/mol. The molecule has 1 saturated heterocycles. The molecule has 1 amide bonds. The molecule has 1 N–H and O–H groups in total. The van der Waals surface area contributed by atoms with Crippen molar-refractivity contribution in [2.24, 2.45) is 0 Å². The number of fused-ring (bicyclic) bond motifs is 1. The van der Waals surface area contributed by atoms with E-state index in [0.717, 1.165) is 36.7 Å². The van der Waals surface area contributed by atoms with E-state index in [1.165, 1.54) is 0 Å². The zero-order valence-electron chi connectivity index (χ0n) is 10.1. The first-order chi connectivity index (χ1) is 8.77. The molecule has 1 heterocycles. The zero-order valence-corrected chi connectivity index (χ0v) is 10.1. The van der Waals surface area contributed by atoms with Crippen molar-refractivity contribution < 1.29 is 9.90 Å². The second-order valence-electron chi connectivity index (χ2n) is 4.68. The van der Waals surface area contributed by atoms with Crippen LogP contribution in [-0.2, 0) is 0 Å². The maximum absolute atomic E-state index is 12.4. The molecule has 0 radical (unpaired) electrons. The lowest BCUT2D eigenvalue weighted by atomic mass is 10.0. The number of hydrogen-bond acceptors (Lipinski definition) is 2. The van der Waals surface area contributed by atoms with Crippen LogP contribution >= 0.6 is 0 Å². The van der Waals surface area contributed by atoms with Crippen molar-refractivity contribution in [1.29, 1.82) is 0 Å². The maximum atomic E-state index is 12.4. The molecule has 2 aromatic carbocycles. The molecule has 0 bridgehead atoms. The van der Waals surface area contributed by atoms with Gasteiger partial charge in [0, 0.05) is 13.1 Å². The summed E-state index contributed by atoms with van der Waals surface area (Å²) in [7, 11) is 0. The van der Waals surface area contributed by atoms with Crippen LogP contribution in [0.3, 0.4) is 0 Å². The number of phenolic OH excluding ortho intramolecular Hbond substituents is 1. The van der Waals surface area contributed by atoms with Gasteiger partial charge in [-0.2, -0.15) is 0 Å². The number of likely N-dealkylation sites (tertiary alicyclic amines) is 1. The van der Waals surface area contributed by atoms with Gasteiger partial charge in [-0.3, -0.25) is 4.79 Å². The molecule has 3 rings (SSSR count). The quantitative estimate of drug-likeness (QED) is 0.834. The van der Waals surface area contributed by atoms with E-state index in [1.807, 2.05) is 35.2 Å². The van der Waals surface area contributed by atoms with Gasteiger partial charge in [0.25, 0.3) is 5.91 Å². The normalized spacial score (nSPS) is 15.2. The molecule has 0 saturated carbocycles. The Labute approximate surface area is 106 Å². The van der Waals surface area contributed by atoms with Crippen LogP contribution in [0.4, 0.5) is 0 Å². The lowest BCUT2D eigenvalue weighted by Crippen LogP contribution is -2.27. The zero-order chi connectivity index (χ0) is 12.5. The Morgan fingerprint density at radius 1 is 1.06 bits per heavy atom. The van der Waals surface area contributed by atoms with Crippen molar-refractivity contribution in [3.05, 3.63) is 42.0 Å². The Hall–Kier alpha value is -2.03. The van der Waals surface area contributed by atoms with Crippen LogP contribution in [0.15, 0.2) is 36.4 Å². The smallest absolute Gasteiger partial charge is 0.258 e. The van der Waals surface area contributed by atoms with Gasteiger partial charge in [-0.15, -0.1) is 0 Å². The predicted octanol–water partition coefficient (Wildman–Crippen LogP) is 2.78. The van der Waals surface area contributed by atoms with Crippen LogP contribution in [0.2, 0.25) is 0 Å². The lowest BCUT2D eigenvalue weighted by molar-refractivity contribution is 0.0792. The van der Waals surface area contributed by atoms with E-state index in [-0.39, 0.29) is 11.7 Å². The van der Waals surface area contributed by atoms with E-state index < -0.39 is 0 Å². The largest absolute Gasteiger partial charge is 0.507 e. The highest BCUT2D eigenvalue weighted by molar-refractivity contribution is 6.09. The molecule has 0 unspecified atom stereocenters. The molecule has 18 heavy (non-hydrogen) atoms. The third-order valence-corrected chi connectivity index (χ3v) is 3.51.